The standard InChI is InChI=1S/C17H26N2O4/c1-5-23-16(20)10-11-19(12-13(2)3)17(21)18-14-8-6-7-9-15(14)22-4/h6-9,13H,5,10-12H2,1-4H3,(H,18,21). The quantitative estimate of drug-likeness (QED) is 0.747. The van der Waals surface area contributed by atoms with Crippen LogP contribution in [0, 0.1) is 5.92 Å². The van der Waals surface area contributed by atoms with Gasteiger partial charge in [0.05, 0.1) is 25.8 Å². The molecule has 0 saturated heterocycles. The number of carbonyl (C=O) groups excluding carboxylic acids is 2. The van der Waals surface area contributed by atoms with Gasteiger partial charge in [0.15, 0.2) is 0 Å². The lowest BCUT2D eigenvalue weighted by atomic mass is 10.2. The average Bonchev–Trinajstić information content (AvgIpc) is 2.51. The van der Waals surface area contributed by atoms with Gasteiger partial charge in [-0.2, -0.15) is 0 Å². The summed E-state index contributed by atoms with van der Waals surface area (Å²) in [5.74, 6) is 0.586. The number of ether oxygens (including phenoxy) is 2. The molecule has 0 aliphatic carbocycles. The Morgan fingerprint density at radius 2 is 1.96 bits per heavy atom. The van der Waals surface area contributed by atoms with Gasteiger partial charge >= 0.3 is 12.0 Å². The molecule has 1 aromatic carbocycles. The molecule has 128 valence electrons. The molecule has 0 aromatic heterocycles. The van der Waals surface area contributed by atoms with E-state index in [-0.39, 0.29) is 18.4 Å². The highest BCUT2D eigenvalue weighted by Crippen LogP contribution is 2.23. The van der Waals surface area contributed by atoms with Crippen molar-refractivity contribution in [3.8, 4) is 5.75 Å². The minimum atomic E-state index is -0.300. The summed E-state index contributed by atoms with van der Waals surface area (Å²) in [5.41, 5.74) is 0.602. The molecule has 0 aliphatic rings. The monoisotopic (exact) mass is 322 g/mol. The van der Waals surface area contributed by atoms with Crippen LogP contribution in [0.2, 0.25) is 0 Å². The molecule has 0 radical (unpaired) electrons. The summed E-state index contributed by atoms with van der Waals surface area (Å²) in [5, 5.41) is 2.83. The summed E-state index contributed by atoms with van der Waals surface area (Å²) in [6.07, 6.45) is 0.180. The number of nitrogens with one attached hydrogen (secondary N) is 1. The second-order valence-corrected chi connectivity index (χ2v) is 5.53. The fourth-order valence-electron chi connectivity index (χ4n) is 2.12. The highest BCUT2D eigenvalue weighted by Gasteiger charge is 2.18. The summed E-state index contributed by atoms with van der Waals surface area (Å²) in [6, 6.07) is 6.95. The smallest absolute Gasteiger partial charge is 0.321 e. The zero-order valence-electron chi connectivity index (χ0n) is 14.3. The maximum Gasteiger partial charge on any atom is 0.321 e. The summed E-state index contributed by atoms with van der Waals surface area (Å²) in [4.78, 5) is 25.6. The molecule has 2 amide bonds. The Balaban J connectivity index is 2.73. The second-order valence-electron chi connectivity index (χ2n) is 5.53. The van der Waals surface area contributed by atoms with E-state index < -0.39 is 0 Å². The van der Waals surface area contributed by atoms with Gasteiger partial charge in [-0.15, -0.1) is 0 Å². The highest BCUT2D eigenvalue weighted by atomic mass is 16.5. The van der Waals surface area contributed by atoms with Gasteiger partial charge in [-0.25, -0.2) is 4.79 Å². The molecule has 6 heteroatoms. The van der Waals surface area contributed by atoms with Crippen molar-refractivity contribution >= 4 is 17.7 Å². The third kappa shape index (κ3) is 6.59. The molecule has 1 aromatic rings. The van der Waals surface area contributed by atoms with Crippen LogP contribution in [0.15, 0.2) is 24.3 Å². The van der Waals surface area contributed by atoms with Crippen molar-refractivity contribution in [2.45, 2.75) is 27.2 Å². The van der Waals surface area contributed by atoms with Crippen LogP contribution in [0.3, 0.4) is 0 Å². The Hall–Kier alpha value is -2.24. The molecule has 6 nitrogen and oxygen atoms in total. The zero-order valence-corrected chi connectivity index (χ0v) is 14.3. The van der Waals surface area contributed by atoms with Crippen LogP contribution in [0.5, 0.6) is 5.75 Å². The van der Waals surface area contributed by atoms with Crippen LogP contribution in [0.25, 0.3) is 0 Å². The lowest BCUT2D eigenvalue weighted by molar-refractivity contribution is -0.143. The maximum atomic E-state index is 12.5. The highest BCUT2D eigenvalue weighted by molar-refractivity contribution is 5.91. The van der Waals surface area contributed by atoms with Crippen LogP contribution in [0.1, 0.15) is 27.2 Å². The van der Waals surface area contributed by atoms with Crippen LogP contribution >= 0.6 is 0 Å². The number of benzene rings is 1. The van der Waals surface area contributed by atoms with E-state index in [1.165, 1.54) is 0 Å². The van der Waals surface area contributed by atoms with E-state index in [1.807, 2.05) is 26.0 Å². The van der Waals surface area contributed by atoms with Gasteiger partial charge in [-0.1, -0.05) is 26.0 Å². The molecule has 0 spiro atoms. The van der Waals surface area contributed by atoms with Crippen LogP contribution in [0.4, 0.5) is 10.5 Å². The fraction of sp³-hybridized carbons (Fsp3) is 0.529. The lowest BCUT2D eigenvalue weighted by Gasteiger charge is -2.25. The third-order valence-corrected chi connectivity index (χ3v) is 3.11. The predicted molar refractivity (Wildman–Crippen MR) is 89.7 cm³/mol. The molecule has 1 N–H and O–H groups in total. The molecule has 0 heterocycles. The first-order chi connectivity index (χ1) is 11.0. The summed E-state index contributed by atoms with van der Waals surface area (Å²) in [6.45, 7) is 7.02. The van der Waals surface area contributed by atoms with Crippen molar-refractivity contribution in [3.05, 3.63) is 24.3 Å². The maximum absolute atomic E-state index is 12.5. The fourth-order valence-corrected chi connectivity index (χ4v) is 2.12. The Bertz CT molecular complexity index is 517. The number of amides is 2. The molecule has 0 bridgehead atoms. The Morgan fingerprint density at radius 1 is 1.26 bits per heavy atom. The number of hydrogen-bond donors (Lipinski definition) is 1. The number of rotatable bonds is 8. The number of hydrogen-bond acceptors (Lipinski definition) is 4. The van der Waals surface area contributed by atoms with E-state index in [2.05, 4.69) is 5.32 Å². The van der Waals surface area contributed by atoms with Crippen molar-refractivity contribution in [1.29, 1.82) is 0 Å². The second kappa shape index (κ2) is 9.71. The number of anilines is 1. The lowest BCUT2D eigenvalue weighted by Crippen LogP contribution is -2.39. The molecule has 0 saturated carbocycles. The van der Waals surface area contributed by atoms with Gasteiger partial charge in [0, 0.05) is 13.1 Å². The summed E-state index contributed by atoms with van der Waals surface area (Å²) >= 11 is 0. The molecule has 0 aliphatic heterocycles. The van der Waals surface area contributed by atoms with Crippen molar-refractivity contribution in [3.63, 3.8) is 0 Å². The van der Waals surface area contributed by atoms with Gasteiger partial charge < -0.3 is 19.7 Å². The number of urea groups is 1. The van der Waals surface area contributed by atoms with Crippen molar-refractivity contribution in [1.82, 2.24) is 4.90 Å². The number of para-hydroxylation sites is 2. The first-order valence-electron chi connectivity index (χ1n) is 7.82. The SMILES string of the molecule is CCOC(=O)CCN(CC(C)C)C(=O)Nc1ccccc1OC. The summed E-state index contributed by atoms with van der Waals surface area (Å²) in [7, 11) is 1.55. The Morgan fingerprint density at radius 3 is 2.57 bits per heavy atom. The minimum absolute atomic E-state index is 0.180. The van der Waals surface area contributed by atoms with E-state index in [0.29, 0.717) is 37.1 Å². The number of nitrogens with zero attached hydrogens (tertiary/aromatic N) is 1. The molecular formula is C17H26N2O4. The van der Waals surface area contributed by atoms with Gasteiger partial charge in [0.1, 0.15) is 5.75 Å². The van der Waals surface area contributed by atoms with Crippen LogP contribution < -0.4 is 10.1 Å². The molecule has 0 atom stereocenters. The van der Waals surface area contributed by atoms with Crippen molar-refractivity contribution in [2.75, 3.05) is 32.1 Å². The average molecular weight is 322 g/mol. The zero-order chi connectivity index (χ0) is 17.2. The van der Waals surface area contributed by atoms with Crippen LogP contribution in [-0.2, 0) is 9.53 Å². The number of carbonyl (C=O) groups is 2. The molecule has 0 unspecified atom stereocenters. The van der Waals surface area contributed by atoms with Gasteiger partial charge in [0.25, 0.3) is 0 Å². The van der Waals surface area contributed by atoms with E-state index >= 15 is 0 Å². The van der Waals surface area contributed by atoms with Gasteiger partial charge in [-0.3, -0.25) is 4.79 Å². The normalized spacial score (nSPS) is 10.3. The van der Waals surface area contributed by atoms with E-state index in [0.717, 1.165) is 0 Å². The van der Waals surface area contributed by atoms with Gasteiger partial charge in [0.2, 0.25) is 0 Å². The van der Waals surface area contributed by atoms with E-state index in [1.54, 1.807) is 31.1 Å². The third-order valence-electron chi connectivity index (χ3n) is 3.11. The number of esters is 1. The van der Waals surface area contributed by atoms with Gasteiger partial charge in [-0.05, 0) is 25.0 Å². The molecule has 0 fully saturated rings. The predicted octanol–water partition coefficient (Wildman–Crippen LogP) is 3.14. The van der Waals surface area contributed by atoms with E-state index in [9.17, 15) is 9.59 Å². The molecule has 23 heavy (non-hydrogen) atoms. The largest absolute Gasteiger partial charge is 0.495 e. The Kier molecular flexibility index (Phi) is 7.94. The topological polar surface area (TPSA) is 67.9 Å². The number of methoxy groups -OCH3 is 1. The van der Waals surface area contributed by atoms with Crippen molar-refractivity contribution in [2.24, 2.45) is 5.92 Å². The Labute approximate surface area is 137 Å². The van der Waals surface area contributed by atoms with E-state index in [4.69, 9.17) is 9.47 Å². The molecule has 1 rings (SSSR count). The summed E-state index contributed by atoms with van der Waals surface area (Å²) < 4.78 is 10.1. The minimum Gasteiger partial charge on any atom is -0.495 e. The first kappa shape index (κ1) is 18.8. The van der Waals surface area contributed by atoms with Crippen LogP contribution in [-0.4, -0.2) is 43.7 Å². The van der Waals surface area contributed by atoms with Crippen molar-refractivity contribution < 1.29 is 19.1 Å². The molecular weight excluding hydrogens is 296 g/mol. The first-order valence-corrected chi connectivity index (χ1v) is 7.82.